The predicted molar refractivity (Wildman–Crippen MR) is 82.3 cm³/mol. The Morgan fingerprint density at radius 1 is 1.38 bits per heavy atom. The summed E-state index contributed by atoms with van der Waals surface area (Å²) in [7, 11) is 1.57. The number of H-pyrrole nitrogens is 1. The van der Waals surface area contributed by atoms with Crippen molar-refractivity contribution in [3.63, 3.8) is 0 Å². The molecule has 5 nitrogen and oxygen atoms in total. The van der Waals surface area contributed by atoms with Crippen LogP contribution in [0.1, 0.15) is 11.1 Å². The van der Waals surface area contributed by atoms with Crippen molar-refractivity contribution in [2.24, 2.45) is 0 Å². The smallest absolute Gasteiger partial charge is 0.184 e. The number of nitrogens with one attached hydrogen (secondary N) is 1. The molecule has 0 radical (unpaired) electrons. The third-order valence-corrected chi connectivity index (χ3v) is 3.62. The van der Waals surface area contributed by atoms with Gasteiger partial charge in [0.1, 0.15) is 5.75 Å². The van der Waals surface area contributed by atoms with Gasteiger partial charge in [-0.2, -0.15) is 5.26 Å². The van der Waals surface area contributed by atoms with Crippen LogP contribution >= 0.6 is 12.2 Å². The van der Waals surface area contributed by atoms with Crippen LogP contribution in [0, 0.1) is 23.0 Å². The van der Waals surface area contributed by atoms with E-state index in [1.807, 2.05) is 23.6 Å². The maximum absolute atomic E-state index is 8.99. The number of fused-ring (bicyclic) bond motifs is 1. The molecule has 3 aromatic rings. The zero-order valence-corrected chi connectivity index (χ0v) is 12.4. The lowest BCUT2D eigenvalue weighted by molar-refractivity contribution is 0.413. The molecule has 2 aromatic heterocycles. The van der Waals surface area contributed by atoms with Crippen molar-refractivity contribution in [3.8, 4) is 17.5 Å². The standard InChI is InChI=1S/C15H12N4OS/c1-9-5-6-17-14-13(9)18-15(21)19(14)11-4-3-10(8-16)7-12(11)20-2/h3-7H,1-2H3,(H,18,21). The van der Waals surface area contributed by atoms with Crippen LogP contribution in [-0.4, -0.2) is 21.6 Å². The number of aromatic amines is 1. The molecule has 0 aliphatic carbocycles. The van der Waals surface area contributed by atoms with E-state index in [9.17, 15) is 0 Å². The highest BCUT2D eigenvalue weighted by atomic mass is 32.1. The average Bonchev–Trinajstić information content (AvgIpc) is 2.84. The number of hydrogen-bond acceptors (Lipinski definition) is 4. The summed E-state index contributed by atoms with van der Waals surface area (Å²) >= 11 is 5.41. The first-order valence-electron chi connectivity index (χ1n) is 6.30. The minimum absolute atomic E-state index is 0.533. The number of aromatic nitrogens is 3. The first-order valence-corrected chi connectivity index (χ1v) is 6.71. The van der Waals surface area contributed by atoms with E-state index in [2.05, 4.69) is 16.0 Å². The van der Waals surface area contributed by atoms with Gasteiger partial charge in [-0.15, -0.1) is 0 Å². The number of rotatable bonds is 2. The van der Waals surface area contributed by atoms with Gasteiger partial charge in [0, 0.05) is 12.3 Å². The van der Waals surface area contributed by atoms with Crippen molar-refractivity contribution >= 4 is 23.4 Å². The number of methoxy groups -OCH3 is 1. The Balaban J connectivity index is 2.36. The van der Waals surface area contributed by atoms with Crippen molar-refractivity contribution in [2.45, 2.75) is 6.92 Å². The average molecular weight is 296 g/mol. The normalized spacial score (nSPS) is 10.5. The number of ether oxygens (including phenoxy) is 1. The van der Waals surface area contributed by atoms with Gasteiger partial charge >= 0.3 is 0 Å². The van der Waals surface area contributed by atoms with Crippen LogP contribution in [0.3, 0.4) is 0 Å². The quantitative estimate of drug-likeness (QED) is 0.737. The monoisotopic (exact) mass is 296 g/mol. The number of benzene rings is 1. The van der Waals surface area contributed by atoms with Crippen molar-refractivity contribution in [1.29, 1.82) is 5.26 Å². The lowest BCUT2D eigenvalue weighted by Crippen LogP contribution is -1.99. The van der Waals surface area contributed by atoms with Crippen LogP contribution in [-0.2, 0) is 0 Å². The molecule has 6 heteroatoms. The van der Waals surface area contributed by atoms with Gasteiger partial charge in [0.15, 0.2) is 10.4 Å². The molecule has 104 valence electrons. The molecular weight excluding hydrogens is 284 g/mol. The molecule has 0 fully saturated rings. The summed E-state index contributed by atoms with van der Waals surface area (Å²) in [4.78, 5) is 7.57. The maximum atomic E-state index is 8.99. The molecule has 21 heavy (non-hydrogen) atoms. The van der Waals surface area contributed by atoms with Crippen LogP contribution in [0.4, 0.5) is 0 Å². The first-order chi connectivity index (χ1) is 10.2. The minimum atomic E-state index is 0.533. The third-order valence-electron chi connectivity index (χ3n) is 3.34. The Morgan fingerprint density at radius 3 is 2.90 bits per heavy atom. The highest BCUT2D eigenvalue weighted by molar-refractivity contribution is 7.71. The maximum Gasteiger partial charge on any atom is 0.184 e. The number of aryl methyl sites for hydroxylation is 1. The number of nitriles is 1. The molecule has 0 saturated heterocycles. The Morgan fingerprint density at radius 2 is 2.19 bits per heavy atom. The zero-order chi connectivity index (χ0) is 15.0. The molecule has 0 saturated carbocycles. The van der Waals surface area contributed by atoms with Gasteiger partial charge in [0.2, 0.25) is 0 Å². The summed E-state index contributed by atoms with van der Waals surface area (Å²) in [6, 6.07) is 9.25. The van der Waals surface area contributed by atoms with Crippen molar-refractivity contribution in [3.05, 3.63) is 46.4 Å². The van der Waals surface area contributed by atoms with Gasteiger partial charge in [-0.25, -0.2) is 4.98 Å². The Hall–Kier alpha value is -2.65. The van der Waals surface area contributed by atoms with E-state index in [0.717, 1.165) is 22.4 Å². The number of imidazole rings is 1. The summed E-state index contributed by atoms with van der Waals surface area (Å²) in [5.74, 6) is 0.578. The van der Waals surface area contributed by atoms with E-state index in [4.69, 9.17) is 22.2 Å². The van der Waals surface area contributed by atoms with Crippen molar-refractivity contribution in [1.82, 2.24) is 14.5 Å². The Kier molecular flexibility index (Phi) is 3.20. The minimum Gasteiger partial charge on any atom is -0.495 e. The molecule has 0 spiro atoms. The van der Waals surface area contributed by atoms with Crippen LogP contribution in [0.5, 0.6) is 5.75 Å². The summed E-state index contributed by atoms with van der Waals surface area (Å²) in [5, 5.41) is 8.99. The second kappa shape index (κ2) is 5.04. The summed E-state index contributed by atoms with van der Waals surface area (Å²) in [6.07, 6.45) is 1.74. The van der Waals surface area contributed by atoms with Crippen LogP contribution < -0.4 is 4.74 Å². The van der Waals surface area contributed by atoms with E-state index in [-0.39, 0.29) is 0 Å². The van der Waals surface area contributed by atoms with Crippen LogP contribution in [0.25, 0.3) is 16.9 Å². The third kappa shape index (κ3) is 2.08. The highest BCUT2D eigenvalue weighted by Crippen LogP contribution is 2.28. The summed E-state index contributed by atoms with van der Waals surface area (Å²) < 4.78 is 7.74. The van der Waals surface area contributed by atoms with Gasteiger partial charge in [-0.1, -0.05) is 0 Å². The predicted octanol–water partition coefficient (Wildman–Crippen LogP) is 3.27. The summed E-state index contributed by atoms with van der Waals surface area (Å²) in [5.41, 5.74) is 3.99. The fraction of sp³-hybridized carbons (Fsp3) is 0.133. The van der Waals surface area contributed by atoms with Crippen molar-refractivity contribution in [2.75, 3.05) is 7.11 Å². The summed E-state index contributed by atoms with van der Waals surface area (Å²) in [6.45, 7) is 2.00. The van der Waals surface area contributed by atoms with Crippen LogP contribution in [0.2, 0.25) is 0 Å². The van der Waals surface area contributed by atoms with E-state index < -0.39 is 0 Å². The molecule has 3 rings (SSSR count). The number of nitrogens with zero attached hydrogens (tertiary/aromatic N) is 3. The second-order valence-corrected chi connectivity index (χ2v) is 4.98. The van der Waals surface area contributed by atoms with Gasteiger partial charge in [0.05, 0.1) is 29.9 Å². The molecule has 0 bridgehead atoms. The molecule has 0 amide bonds. The molecule has 0 aliphatic rings. The molecular formula is C15H12N4OS. The highest BCUT2D eigenvalue weighted by Gasteiger charge is 2.13. The molecule has 2 heterocycles. The van der Waals surface area contributed by atoms with E-state index in [1.54, 1.807) is 25.4 Å². The van der Waals surface area contributed by atoms with E-state index in [1.165, 1.54) is 0 Å². The van der Waals surface area contributed by atoms with Gasteiger partial charge in [0.25, 0.3) is 0 Å². The zero-order valence-electron chi connectivity index (χ0n) is 11.5. The van der Waals surface area contributed by atoms with Gasteiger partial charge < -0.3 is 9.72 Å². The molecule has 0 aliphatic heterocycles. The SMILES string of the molecule is COc1cc(C#N)ccc1-n1c(=S)[nH]c2c(C)ccnc21. The molecule has 1 aromatic carbocycles. The molecule has 0 atom stereocenters. The number of pyridine rings is 1. The lowest BCUT2D eigenvalue weighted by Gasteiger charge is -2.10. The molecule has 0 unspecified atom stereocenters. The van der Waals surface area contributed by atoms with E-state index >= 15 is 0 Å². The second-order valence-electron chi connectivity index (χ2n) is 4.59. The largest absolute Gasteiger partial charge is 0.495 e. The fourth-order valence-corrected chi connectivity index (χ4v) is 2.57. The van der Waals surface area contributed by atoms with Crippen LogP contribution in [0.15, 0.2) is 30.5 Å². The Labute approximate surface area is 126 Å². The molecule has 1 N–H and O–H groups in total. The topological polar surface area (TPSA) is 66.6 Å². The fourth-order valence-electron chi connectivity index (χ4n) is 2.28. The van der Waals surface area contributed by atoms with E-state index in [0.29, 0.717) is 16.1 Å². The Bertz CT molecular complexity index is 933. The van der Waals surface area contributed by atoms with Crippen molar-refractivity contribution < 1.29 is 4.74 Å². The first kappa shape index (κ1) is 13.3. The number of hydrogen-bond donors (Lipinski definition) is 1. The lowest BCUT2D eigenvalue weighted by atomic mass is 10.2. The van der Waals surface area contributed by atoms with Gasteiger partial charge in [-0.05, 0) is 42.9 Å². The van der Waals surface area contributed by atoms with Gasteiger partial charge in [-0.3, -0.25) is 4.57 Å².